The minimum absolute atomic E-state index is 0.474. The zero-order valence-electron chi connectivity index (χ0n) is 15.8. The highest BCUT2D eigenvalue weighted by Gasteiger charge is 2.67. The van der Waals surface area contributed by atoms with Crippen molar-refractivity contribution < 1.29 is 65.0 Å². The highest BCUT2D eigenvalue weighted by molar-refractivity contribution is 7.71. The third-order valence-corrected chi connectivity index (χ3v) is 8.14. The first-order valence-corrected chi connectivity index (χ1v) is 13.0. The first-order chi connectivity index (χ1) is 14.9. The van der Waals surface area contributed by atoms with Gasteiger partial charge in [-0.1, -0.05) is 5.92 Å². The van der Waals surface area contributed by atoms with Crippen molar-refractivity contribution in [3.63, 3.8) is 0 Å². The van der Waals surface area contributed by atoms with Crippen LogP contribution in [0.5, 0.6) is 0 Å². The molecule has 1 saturated heterocycles. The van der Waals surface area contributed by atoms with Crippen molar-refractivity contribution in [3.8, 4) is 12.3 Å². The van der Waals surface area contributed by atoms with Crippen LogP contribution in [0.4, 0.5) is 8.78 Å². The largest absolute Gasteiger partial charge is 0.490 e. The second-order valence-electron chi connectivity index (χ2n) is 6.29. The summed E-state index contributed by atoms with van der Waals surface area (Å²) in [5.74, 6) is -4.22. The van der Waals surface area contributed by atoms with Crippen LogP contribution in [-0.4, -0.2) is 59.0 Å². The number of alkyl halides is 2. The molecule has 186 valence electrons. The number of phosphoric acid groups is 3. The van der Waals surface area contributed by atoms with Crippen LogP contribution < -0.4 is 5.56 Å². The van der Waals surface area contributed by atoms with Crippen molar-refractivity contribution >= 4 is 35.7 Å². The van der Waals surface area contributed by atoms with Gasteiger partial charge >= 0.3 is 23.5 Å². The van der Waals surface area contributed by atoms with Crippen LogP contribution in [0.15, 0.2) is 17.1 Å². The van der Waals surface area contributed by atoms with E-state index in [2.05, 4.69) is 18.1 Å². The van der Waals surface area contributed by atoms with Crippen molar-refractivity contribution in [1.82, 2.24) is 9.55 Å². The number of hydrogen-bond donors (Lipinski definition) is 6. The van der Waals surface area contributed by atoms with Crippen molar-refractivity contribution in [2.24, 2.45) is 5.92 Å². The number of hydrogen-bond acceptors (Lipinski definition) is 10. The highest BCUT2D eigenvalue weighted by Crippen LogP contribution is 2.66. The maximum Gasteiger partial charge on any atom is 0.490 e. The predicted octanol–water partition coefficient (Wildman–Crippen LogP) is 0.394. The van der Waals surface area contributed by atoms with Gasteiger partial charge in [-0.3, -0.25) is 18.9 Å². The van der Waals surface area contributed by atoms with E-state index in [1.807, 2.05) is 0 Å². The Kier molecular flexibility index (Phi) is 8.07. The Morgan fingerprint density at radius 3 is 2.33 bits per heavy atom. The molecule has 2 rings (SSSR count). The van der Waals surface area contributed by atoms with E-state index in [4.69, 9.17) is 38.1 Å². The molecule has 2 heterocycles. The van der Waals surface area contributed by atoms with Crippen molar-refractivity contribution in [3.05, 3.63) is 27.4 Å². The predicted molar refractivity (Wildman–Crippen MR) is 103 cm³/mol. The summed E-state index contributed by atoms with van der Waals surface area (Å²) in [4.78, 5) is 49.0. The lowest BCUT2D eigenvalue weighted by molar-refractivity contribution is -0.195. The van der Waals surface area contributed by atoms with E-state index in [0.29, 0.717) is 4.57 Å². The molecule has 0 aromatic carbocycles. The van der Waals surface area contributed by atoms with E-state index in [1.165, 1.54) is 0 Å². The molecule has 0 amide bonds. The van der Waals surface area contributed by atoms with Gasteiger partial charge in [0.05, 0.1) is 12.5 Å². The highest BCUT2D eigenvalue weighted by atomic mass is 32.1. The Labute approximate surface area is 187 Å². The fraction of sp³-hybridized carbons (Fsp3) is 0.500. The number of aliphatic hydroxyl groups excluding tert-OH is 1. The third-order valence-electron chi connectivity index (χ3n) is 4.04. The number of H-pyrrole nitrogens is 1. The number of aromatic nitrogens is 2. The first kappa shape index (κ1) is 28.1. The topological polar surface area (TPSA) is 227 Å². The molecule has 1 aliphatic rings. The van der Waals surface area contributed by atoms with Gasteiger partial charge in [-0.2, -0.15) is 8.62 Å². The van der Waals surface area contributed by atoms with Crippen LogP contribution in [0.3, 0.4) is 0 Å². The monoisotopic (exact) mass is 558 g/mol. The molecule has 6 atom stereocenters. The molecule has 4 unspecified atom stereocenters. The van der Waals surface area contributed by atoms with Gasteiger partial charge in [0.1, 0.15) is 6.61 Å². The molecule has 0 saturated carbocycles. The molecule has 1 aromatic heterocycles. The van der Waals surface area contributed by atoms with Crippen LogP contribution >= 0.6 is 35.7 Å². The SMILES string of the molecule is C#CC1(F)C(CO)[C@@](F)(COP(=O)(O)OP(=O)(O)OP(=O)(O)O)O[C@H]1n1ccc(=O)[nH]c1=S. The van der Waals surface area contributed by atoms with Crippen LogP contribution in [0.25, 0.3) is 0 Å². The van der Waals surface area contributed by atoms with Crippen LogP contribution in [0.2, 0.25) is 0 Å². The molecule has 21 heteroatoms. The van der Waals surface area contributed by atoms with E-state index in [0.717, 1.165) is 12.3 Å². The summed E-state index contributed by atoms with van der Waals surface area (Å²) >= 11 is 4.84. The Morgan fingerprint density at radius 2 is 1.85 bits per heavy atom. The smallest absolute Gasteiger partial charge is 0.396 e. The Bertz CT molecular complexity index is 1210. The van der Waals surface area contributed by atoms with Gasteiger partial charge in [-0.05, 0) is 12.2 Å². The number of nitrogens with zero attached hydrogens (tertiary/aromatic N) is 1. The summed E-state index contributed by atoms with van der Waals surface area (Å²) in [6.07, 6.45) is 3.90. The maximum atomic E-state index is 15.6. The Balaban J connectivity index is 2.34. The molecule has 0 bridgehead atoms. The zero-order valence-corrected chi connectivity index (χ0v) is 19.3. The van der Waals surface area contributed by atoms with Gasteiger partial charge < -0.3 is 29.4 Å². The molecular formula is C12H15F2N2O13P3S. The van der Waals surface area contributed by atoms with Gasteiger partial charge in [-0.25, -0.2) is 22.5 Å². The summed E-state index contributed by atoms with van der Waals surface area (Å²) in [5, 5.41) is 9.53. The normalized spacial score (nSPS) is 31.5. The fourth-order valence-electron chi connectivity index (χ4n) is 2.76. The molecule has 0 radical (unpaired) electrons. The van der Waals surface area contributed by atoms with Crippen molar-refractivity contribution in [2.45, 2.75) is 17.8 Å². The number of ether oxygens (including phenoxy) is 1. The number of terminal acetylenes is 1. The fourth-order valence-corrected chi connectivity index (χ4v) is 6.05. The number of aliphatic hydroxyl groups is 1. The number of rotatable bonds is 9. The summed E-state index contributed by atoms with van der Waals surface area (Å²) < 4.78 is 81.1. The van der Waals surface area contributed by atoms with E-state index >= 15 is 8.78 Å². The van der Waals surface area contributed by atoms with Gasteiger partial charge in [0.15, 0.2) is 11.0 Å². The molecule has 1 fully saturated rings. The Morgan fingerprint density at radius 1 is 1.24 bits per heavy atom. The lowest BCUT2D eigenvalue weighted by Gasteiger charge is -2.27. The summed E-state index contributed by atoms with van der Waals surface area (Å²) in [6.45, 7) is -3.12. The van der Waals surface area contributed by atoms with E-state index in [9.17, 15) is 28.5 Å². The first-order valence-electron chi connectivity index (χ1n) is 8.12. The van der Waals surface area contributed by atoms with Crippen LogP contribution in [0.1, 0.15) is 6.23 Å². The van der Waals surface area contributed by atoms with Gasteiger partial charge in [0.2, 0.25) is 11.5 Å². The minimum Gasteiger partial charge on any atom is -0.396 e. The van der Waals surface area contributed by atoms with Crippen LogP contribution in [0, 0.1) is 23.0 Å². The Hall–Kier alpha value is -1.15. The second-order valence-corrected chi connectivity index (χ2v) is 11.1. The lowest BCUT2D eigenvalue weighted by Crippen LogP contribution is -2.45. The van der Waals surface area contributed by atoms with E-state index in [-0.39, 0.29) is 0 Å². The third kappa shape index (κ3) is 6.50. The number of nitrogens with one attached hydrogen (secondary N) is 1. The number of halogens is 2. The average molecular weight is 558 g/mol. The van der Waals surface area contributed by atoms with Gasteiger partial charge in [0.25, 0.3) is 5.56 Å². The van der Waals surface area contributed by atoms with Gasteiger partial charge in [-0.15, -0.1) is 6.42 Å². The lowest BCUT2D eigenvalue weighted by atomic mass is 9.86. The zero-order chi connectivity index (χ0) is 25.5. The quantitative estimate of drug-likeness (QED) is 0.137. The number of aromatic amines is 1. The average Bonchev–Trinajstić information content (AvgIpc) is 2.85. The van der Waals surface area contributed by atoms with Crippen molar-refractivity contribution in [2.75, 3.05) is 13.2 Å². The molecule has 1 aromatic rings. The minimum atomic E-state index is -5.92. The van der Waals surface area contributed by atoms with E-state index < -0.39 is 70.7 Å². The van der Waals surface area contributed by atoms with E-state index in [1.54, 1.807) is 5.92 Å². The molecule has 15 nitrogen and oxygen atoms in total. The van der Waals surface area contributed by atoms with Gasteiger partial charge in [0, 0.05) is 12.3 Å². The number of phosphoric ester groups is 1. The molecule has 1 aliphatic heterocycles. The molecule has 33 heavy (non-hydrogen) atoms. The second kappa shape index (κ2) is 9.48. The van der Waals surface area contributed by atoms with Crippen LogP contribution in [-0.2, 0) is 31.6 Å². The molecule has 0 aliphatic carbocycles. The standard InChI is InChI=1S/C12H15F2N2O13P3S/c1-2-11(13)7(5-17)12(14,27-9(11)16-4-3-8(18)15-10(16)33)6-26-31(22,23)29-32(24,25)28-30(19,20)21/h1,3-4,7,9,17H,5-6H2,(H,22,23)(H,24,25)(H,15,18,33)(H2,19,20,21)/t7?,9-,11?,12-/m1/s1. The molecule has 0 spiro atoms. The molecular weight excluding hydrogens is 543 g/mol. The summed E-state index contributed by atoms with van der Waals surface area (Å²) in [7, 11) is -17.4. The maximum absolute atomic E-state index is 15.6. The molecule has 6 N–H and O–H groups in total. The van der Waals surface area contributed by atoms with Crippen molar-refractivity contribution in [1.29, 1.82) is 0 Å². The summed E-state index contributed by atoms with van der Waals surface area (Å²) in [6, 6.07) is 0.855. The summed E-state index contributed by atoms with van der Waals surface area (Å²) in [5.41, 5.74) is -3.89.